The number of piperazine rings is 1. The molecule has 46 heavy (non-hydrogen) atoms. The summed E-state index contributed by atoms with van der Waals surface area (Å²) >= 11 is 1.03. The molecule has 0 aliphatic carbocycles. The van der Waals surface area contributed by atoms with E-state index in [4.69, 9.17) is 5.10 Å². The second kappa shape index (κ2) is 13.7. The first kappa shape index (κ1) is 33.0. The maximum absolute atomic E-state index is 14.0. The van der Waals surface area contributed by atoms with Gasteiger partial charge in [-0.25, -0.2) is 8.78 Å². The van der Waals surface area contributed by atoms with Gasteiger partial charge in [-0.05, 0) is 24.3 Å². The SMILES string of the molecule is Oc1cccc(N2CCN(CC(O)Cn3nc(-c4ccc(C(F)(F)F)c(SCCN5CCC(F)(F)C5)c4)c4c3CCNC4)CC2)c1. The number of benzene rings is 2. The number of aliphatic hydroxyl groups excluding tert-OH is 1. The number of aromatic nitrogens is 2. The number of phenolic OH excluding ortho intramolecular Hbond substituents is 1. The normalized spacial score (nSPS) is 19.8. The number of thioether (sulfide) groups is 1. The van der Waals surface area contributed by atoms with Gasteiger partial charge in [-0.2, -0.15) is 18.3 Å². The molecule has 0 radical (unpaired) electrons. The minimum absolute atomic E-state index is 0.0490. The fourth-order valence-electron chi connectivity index (χ4n) is 6.54. The molecule has 1 unspecified atom stereocenters. The molecule has 3 aliphatic rings. The summed E-state index contributed by atoms with van der Waals surface area (Å²) in [6.45, 7) is 5.16. The van der Waals surface area contributed by atoms with E-state index in [1.165, 1.54) is 12.1 Å². The Labute approximate surface area is 269 Å². The lowest BCUT2D eigenvalue weighted by molar-refractivity contribution is -0.139. The molecule has 2 fully saturated rings. The topological polar surface area (TPSA) is 80.0 Å². The quantitative estimate of drug-likeness (QED) is 0.215. The van der Waals surface area contributed by atoms with Gasteiger partial charge in [0.25, 0.3) is 5.92 Å². The first-order valence-corrected chi connectivity index (χ1v) is 16.6. The van der Waals surface area contributed by atoms with Gasteiger partial charge in [0.05, 0.1) is 30.5 Å². The average Bonchev–Trinajstić information content (AvgIpc) is 3.56. The van der Waals surface area contributed by atoms with Crippen LogP contribution in [0.5, 0.6) is 5.75 Å². The second-order valence-corrected chi connectivity index (χ2v) is 13.4. The highest BCUT2D eigenvalue weighted by Crippen LogP contribution is 2.40. The number of rotatable bonds is 10. The minimum atomic E-state index is -4.56. The lowest BCUT2D eigenvalue weighted by Gasteiger charge is -2.37. The van der Waals surface area contributed by atoms with Crippen molar-refractivity contribution in [2.75, 3.05) is 69.6 Å². The van der Waals surface area contributed by atoms with E-state index in [1.807, 2.05) is 12.1 Å². The molecule has 2 saturated heterocycles. The fourth-order valence-corrected chi connectivity index (χ4v) is 7.66. The molecule has 1 atom stereocenters. The van der Waals surface area contributed by atoms with Crippen molar-refractivity contribution in [1.29, 1.82) is 0 Å². The van der Waals surface area contributed by atoms with Crippen molar-refractivity contribution in [3.63, 3.8) is 0 Å². The van der Waals surface area contributed by atoms with Gasteiger partial charge >= 0.3 is 6.18 Å². The first-order chi connectivity index (χ1) is 21.9. The summed E-state index contributed by atoms with van der Waals surface area (Å²) in [4.78, 5) is 6.04. The van der Waals surface area contributed by atoms with E-state index in [9.17, 15) is 32.2 Å². The molecular formula is C32H39F5N6O2S. The number of fused-ring (bicyclic) bond motifs is 1. The van der Waals surface area contributed by atoms with Crippen LogP contribution in [0.15, 0.2) is 47.4 Å². The minimum Gasteiger partial charge on any atom is -0.508 e. The van der Waals surface area contributed by atoms with E-state index >= 15 is 0 Å². The molecule has 14 heteroatoms. The van der Waals surface area contributed by atoms with Gasteiger partial charge in [0.2, 0.25) is 0 Å². The van der Waals surface area contributed by atoms with Gasteiger partial charge in [0.15, 0.2) is 0 Å². The zero-order valence-electron chi connectivity index (χ0n) is 25.4. The van der Waals surface area contributed by atoms with E-state index in [1.54, 1.807) is 21.7 Å². The number of hydrogen-bond acceptors (Lipinski definition) is 8. The van der Waals surface area contributed by atoms with Gasteiger partial charge in [-0.15, -0.1) is 11.8 Å². The third-order valence-corrected chi connectivity index (χ3v) is 9.94. The van der Waals surface area contributed by atoms with Crippen molar-refractivity contribution < 1.29 is 32.2 Å². The summed E-state index contributed by atoms with van der Waals surface area (Å²) in [5.74, 6) is -2.26. The molecule has 3 aromatic rings. The summed E-state index contributed by atoms with van der Waals surface area (Å²) in [5.41, 5.74) is 3.23. The van der Waals surface area contributed by atoms with Gasteiger partial charge in [-0.1, -0.05) is 12.1 Å². The molecule has 0 amide bonds. The molecule has 0 saturated carbocycles. The maximum atomic E-state index is 14.0. The van der Waals surface area contributed by atoms with Crippen LogP contribution in [-0.4, -0.2) is 106 Å². The number of anilines is 1. The van der Waals surface area contributed by atoms with Gasteiger partial charge in [-0.3, -0.25) is 14.5 Å². The third kappa shape index (κ3) is 7.79. The van der Waals surface area contributed by atoms with E-state index in [-0.39, 0.29) is 49.0 Å². The number of aliphatic hydroxyl groups is 1. The monoisotopic (exact) mass is 666 g/mol. The van der Waals surface area contributed by atoms with Crippen LogP contribution in [0.2, 0.25) is 0 Å². The maximum Gasteiger partial charge on any atom is 0.417 e. The zero-order valence-corrected chi connectivity index (χ0v) is 26.3. The Morgan fingerprint density at radius 2 is 1.80 bits per heavy atom. The highest BCUT2D eigenvalue weighted by molar-refractivity contribution is 7.99. The summed E-state index contributed by atoms with van der Waals surface area (Å²) in [5, 5.41) is 29.1. The van der Waals surface area contributed by atoms with Crippen LogP contribution < -0.4 is 10.2 Å². The highest BCUT2D eigenvalue weighted by atomic mass is 32.2. The number of hydrogen-bond donors (Lipinski definition) is 3. The smallest absolute Gasteiger partial charge is 0.417 e. The summed E-state index contributed by atoms with van der Waals surface area (Å²) in [6.07, 6.45) is -4.80. The van der Waals surface area contributed by atoms with Crippen molar-refractivity contribution in [2.45, 2.75) is 49.0 Å². The summed E-state index contributed by atoms with van der Waals surface area (Å²) in [6, 6.07) is 11.2. The molecule has 0 bridgehead atoms. The third-order valence-electron chi connectivity index (χ3n) is 8.90. The van der Waals surface area contributed by atoms with Crippen LogP contribution in [0.25, 0.3) is 11.3 Å². The zero-order chi connectivity index (χ0) is 32.5. The molecule has 1 aromatic heterocycles. The molecular weight excluding hydrogens is 627 g/mol. The number of alkyl halides is 5. The Kier molecular flexibility index (Phi) is 9.81. The van der Waals surface area contributed by atoms with Crippen LogP contribution in [0.1, 0.15) is 23.2 Å². The van der Waals surface area contributed by atoms with Crippen molar-refractivity contribution in [1.82, 2.24) is 24.9 Å². The van der Waals surface area contributed by atoms with Crippen molar-refractivity contribution in [2.24, 2.45) is 0 Å². The van der Waals surface area contributed by atoms with Crippen molar-refractivity contribution >= 4 is 17.4 Å². The first-order valence-electron chi connectivity index (χ1n) is 15.6. The Morgan fingerprint density at radius 3 is 2.52 bits per heavy atom. The van der Waals surface area contributed by atoms with Crippen LogP contribution >= 0.6 is 11.8 Å². The summed E-state index contributed by atoms with van der Waals surface area (Å²) in [7, 11) is 0. The Bertz CT molecular complexity index is 1510. The van der Waals surface area contributed by atoms with Crippen LogP contribution in [0.3, 0.4) is 0 Å². The van der Waals surface area contributed by atoms with Gasteiger partial charge < -0.3 is 20.4 Å². The van der Waals surface area contributed by atoms with Crippen LogP contribution in [-0.2, 0) is 25.7 Å². The summed E-state index contributed by atoms with van der Waals surface area (Å²) < 4.78 is 70.8. The fraction of sp³-hybridized carbons (Fsp3) is 0.531. The standard InChI is InChI=1S/C32H39F5N6O2S/c33-31(34)7-9-41(21-31)14-15-46-29-16-22(4-5-27(29)32(35,36)37)30-26-18-38-8-6-28(26)43(39-30)20-25(45)19-40-10-12-42(13-11-40)23-2-1-3-24(44)17-23/h1-5,16-17,25,38,44-45H,6-15,18-21H2. The number of phenols is 1. The molecule has 4 heterocycles. The number of halogens is 5. The highest BCUT2D eigenvalue weighted by Gasteiger charge is 2.38. The molecule has 6 rings (SSSR count). The predicted octanol–water partition coefficient (Wildman–Crippen LogP) is 4.54. The Morgan fingerprint density at radius 1 is 1.00 bits per heavy atom. The lowest BCUT2D eigenvalue weighted by atomic mass is 10.0. The number of aromatic hydroxyl groups is 1. The molecule has 3 N–H and O–H groups in total. The second-order valence-electron chi connectivity index (χ2n) is 12.3. The van der Waals surface area contributed by atoms with Crippen LogP contribution in [0, 0.1) is 0 Å². The number of nitrogens with zero attached hydrogens (tertiary/aromatic N) is 5. The molecule has 3 aliphatic heterocycles. The molecule has 250 valence electrons. The van der Waals surface area contributed by atoms with E-state index < -0.39 is 23.8 Å². The largest absolute Gasteiger partial charge is 0.508 e. The molecule has 2 aromatic carbocycles. The van der Waals surface area contributed by atoms with E-state index in [0.717, 1.165) is 67.5 Å². The predicted molar refractivity (Wildman–Crippen MR) is 168 cm³/mol. The van der Waals surface area contributed by atoms with Gasteiger partial charge in [0.1, 0.15) is 5.75 Å². The Hall–Kier alpha value is -2.91. The van der Waals surface area contributed by atoms with Crippen molar-refractivity contribution in [3.8, 4) is 17.0 Å². The number of nitrogens with one attached hydrogen (secondary N) is 1. The molecule has 8 nitrogen and oxygen atoms in total. The lowest BCUT2D eigenvalue weighted by Crippen LogP contribution is -2.49. The van der Waals surface area contributed by atoms with E-state index in [2.05, 4.69) is 15.1 Å². The van der Waals surface area contributed by atoms with E-state index in [0.29, 0.717) is 30.8 Å². The van der Waals surface area contributed by atoms with Crippen molar-refractivity contribution in [3.05, 3.63) is 59.3 Å². The number of β-amino-alcohol motifs (C(OH)–C–C–N with tert-alkyl or cyclic N) is 1. The average molecular weight is 667 g/mol. The Balaban J connectivity index is 1.14. The van der Waals surface area contributed by atoms with Crippen LogP contribution in [0.4, 0.5) is 27.6 Å². The molecule has 0 spiro atoms. The number of likely N-dealkylation sites (tertiary alicyclic amines) is 1. The van der Waals surface area contributed by atoms with Gasteiger partial charge in [0, 0.05) is 111 Å².